The zero-order chi connectivity index (χ0) is 21.4. The number of allylic oxidation sites excluding steroid dienone is 1. The summed E-state index contributed by atoms with van der Waals surface area (Å²) in [7, 11) is 1.36. The van der Waals surface area contributed by atoms with Crippen LogP contribution < -0.4 is 9.47 Å². The maximum absolute atomic E-state index is 12.7. The fourth-order valence-corrected chi connectivity index (χ4v) is 2.92. The molecule has 0 saturated heterocycles. The first-order chi connectivity index (χ1) is 13.5. The number of phenolic OH excluding ortho intramolecular Hbond substituents is 1. The molecule has 29 heavy (non-hydrogen) atoms. The van der Waals surface area contributed by atoms with E-state index in [2.05, 4.69) is 0 Å². The maximum Gasteiger partial charge on any atom is 0.416 e. The Labute approximate surface area is 165 Å². The van der Waals surface area contributed by atoms with Crippen LogP contribution in [0, 0.1) is 0 Å². The van der Waals surface area contributed by atoms with Gasteiger partial charge >= 0.3 is 6.18 Å². The zero-order valence-corrected chi connectivity index (χ0v) is 16.0. The number of alkyl halides is 3. The molecule has 2 aromatic carbocycles. The van der Waals surface area contributed by atoms with E-state index in [0.717, 1.165) is 12.1 Å². The highest BCUT2D eigenvalue weighted by molar-refractivity contribution is 6.11. The van der Waals surface area contributed by atoms with Crippen LogP contribution >= 0.6 is 0 Å². The van der Waals surface area contributed by atoms with Crippen molar-refractivity contribution in [2.24, 2.45) is 0 Å². The molecule has 2 aromatic rings. The van der Waals surface area contributed by atoms with Crippen LogP contribution in [0.5, 0.6) is 17.2 Å². The van der Waals surface area contributed by atoms with Gasteiger partial charge in [-0.05, 0) is 49.8 Å². The van der Waals surface area contributed by atoms with Gasteiger partial charge in [0.1, 0.15) is 28.4 Å². The smallest absolute Gasteiger partial charge is 0.416 e. The molecule has 1 aliphatic heterocycles. The van der Waals surface area contributed by atoms with Crippen molar-refractivity contribution < 1.29 is 32.5 Å². The van der Waals surface area contributed by atoms with E-state index < -0.39 is 23.1 Å². The molecule has 3 rings (SSSR count). The predicted octanol–water partition coefficient (Wildman–Crippen LogP) is 5.50. The molecule has 0 aromatic heterocycles. The van der Waals surface area contributed by atoms with E-state index in [9.17, 15) is 23.1 Å². The van der Waals surface area contributed by atoms with Crippen LogP contribution in [0.15, 0.2) is 42.5 Å². The van der Waals surface area contributed by atoms with Crippen LogP contribution in [0.1, 0.15) is 40.9 Å². The van der Waals surface area contributed by atoms with Gasteiger partial charge < -0.3 is 14.6 Å². The van der Waals surface area contributed by atoms with Crippen LogP contribution in [0.25, 0.3) is 12.2 Å². The number of phenols is 1. The van der Waals surface area contributed by atoms with E-state index in [1.54, 1.807) is 12.2 Å². The second-order valence-electron chi connectivity index (χ2n) is 7.07. The summed E-state index contributed by atoms with van der Waals surface area (Å²) < 4.78 is 49.0. The summed E-state index contributed by atoms with van der Waals surface area (Å²) in [5.74, 6) is -0.321. The van der Waals surface area contributed by atoms with Gasteiger partial charge in [0.15, 0.2) is 5.78 Å². The molecule has 4 nitrogen and oxygen atoms in total. The van der Waals surface area contributed by atoms with Crippen LogP contribution in [-0.4, -0.2) is 23.6 Å². The number of aromatic hydroxyl groups is 1. The highest BCUT2D eigenvalue weighted by atomic mass is 19.4. The summed E-state index contributed by atoms with van der Waals surface area (Å²) in [6, 6.07) is 5.92. The Morgan fingerprint density at radius 2 is 1.86 bits per heavy atom. The number of benzene rings is 2. The van der Waals surface area contributed by atoms with Gasteiger partial charge in [-0.15, -0.1) is 0 Å². The van der Waals surface area contributed by atoms with Crippen molar-refractivity contribution in [1.29, 1.82) is 0 Å². The molecule has 0 bridgehead atoms. The lowest BCUT2D eigenvalue weighted by molar-refractivity contribution is -0.137. The minimum atomic E-state index is -4.43. The number of rotatable bonds is 4. The third-order valence-electron chi connectivity index (χ3n) is 4.42. The number of carbonyl (C=O) groups is 1. The molecule has 0 fully saturated rings. The Morgan fingerprint density at radius 3 is 2.45 bits per heavy atom. The third kappa shape index (κ3) is 4.29. The highest BCUT2D eigenvalue weighted by Gasteiger charge is 2.30. The van der Waals surface area contributed by atoms with Crippen LogP contribution in [-0.2, 0) is 6.18 Å². The average molecular weight is 404 g/mol. The topological polar surface area (TPSA) is 55.8 Å². The molecule has 0 amide bonds. The molecule has 7 heteroatoms. The van der Waals surface area contributed by atoms with Gasteiger partial charge in [-0.3, -0.25) is 4.79 Å². The van der Waals surface area contributed by atoms with Crippen LogP contribution in [0.4, 0.5) is 13.2 Å². The van der Waals surface area contributed by atoms with Crippen molar-refractivity contribution >= 4 is 17.9 Å². The molecule has 0 radical (unpaired) electrons. The van der Waals surface area contributed by atoms with Gasteiger partial charge in [-0.2, -0.15) is 13.2 Å². The number of fused-ring (bicyclic) bond motifs is 1. The van der Waals surface area contributed by atoms with E-state index >= 15 is 0 Å². The van der Waals surface area contributed by atoms with Gasteiger partial charge in [-0.25, -0.2) is 0 Å². The molecule has 0 atom stereocenters. The summed E-state index contributed by atoms with van der Waals surface area (Å²) in [5, 5.41) is 10.6. The molecule has 0 spiro atoms. The summed E-state index contributed by atoms with van der Waals surface area (Å²) in [6.45, 7) is 3.70. The zero-order valence-electron chi connectivity index (χ0n) is 16.0. The first-order valence-corrected chi connectivity index (χ1v) is 8.74. The largest absolute Gasteiger partial charge is 0.506 e. The quantitative estimate of drug-likeness (QED) is 0.540. The predicted molar refractivity (Wildman–Crippen MR) is 103 cm³/mol. The second kappa shape index (κ2) is 7.31. The number of methoxy groups -OCH3 is 1. The van der Waals surface area contributed by atoms with Crippen molar-refractivity contribution in [2.75, 3.05) is 7.11 Å². The number of ether oxygens (including phenoxy) is 2. The lowest BCUT2D eigenvalue weighted by Gasteiger charge is -2.29. The Balaban J connectivity index is 1.92. The average Bonchev–Trinajstić information content (AvgIpc) is 2.64. The minimum absolute atomic E-state index is 0.0534. The maximum atomic E-state index is 12.7. The normalized spacial score (nSPS) is 15.1. The Kier molecular flexibility index (Phi) is 5.17. The molecule has 152 valence electrons. The molecular formula is C22H19F3O4. The van der Waals surface area contributed by atoms with E-state index in [1.165, 1.54) is 37.5 Å². The molecule has 1 heterocycles. The summed E-state index contributed by atoms with van der Waals surface area (Å²) in [5.41, 5.74) is -0.630. The molecule has 0 unspecified atom stereocenters. The van der Waals surface area contributed by atoms with Gasteiger partial charge in [0.25, 0.3) is 0 Å². The number of carbonyl (C=O) groups excluding carboxylic acids is 1. The standard InChI is InChI=1S/C22H19F3O4/c1-21(2)11-10-15-17(29-21)12-18(28-3)19(20(15)27)16(26)9-6-13-4-7-14(8-5-13)22(23,24)25/h4-12,27H,1-3H3/b9-6+. The Morgan fingerprint density at radius 1 is 1.21 bits per heavy atom. The van der Waals surface area contributed by atoms with Crippen LogP contribution in [0.3, 0.4) is 0 Å². The van der Waals surface area contributed by atoms with Crippen molar-refractivity contribution in [3.8, 4) is 17.2 Å². The minimum Gasteiger partial charge on any atom is -0.506 e. The SMILES string of the molecule is COc1cc2c(c(O)c1C(=O)/C=C/c1ccc(C(F)(F)F)cc1)C=CC(C)(C)O2. The van der Waals surface area contributed by atoms with E-state index in [4.69, 9.17) is 9.47 Å². The fraction of sp³-hybridized carbons (Fsp3) is 0.227. The fourth-order valence-electron chi connectivity index (χ4n) is 2.92. The summed E-state index contributed by atoms with van der Waals surface area (Å²) in [4.78, 5) is 12.7. The number of hydrogen-bond donors (Lipinski definition) is 1. The van der Waals surface area contributed by atoms with Gasteiger partial charge in [0.05, 0.1) is 18.2 Å². The van der Waals surface area contributed by atoms with Crippen molar-refractivity contribution in [2.45, 2.75) is 25.6 Å². The van der Waals surface area contributed by atoms with Crippen molar-refractivity contribution in [1.82, 2.24) is 0 Å². The molecular weight excluding hydrogens is 385 g/mol. The second-order valence-corrected chi connectivity index (χ2v) is 7.07. The monoisotopic (exact) mass is 404 g/mol. The molecule has 1 aliphatic rings. The van der Waals surface area contributed by atoms with Gasteiger partial charge in [0, 0.05) is 6.07 Å². The number of hydrogen-bond acceptors (Lipinski definition) is 4. The third-order valence-corrected chi connectivity index (χ3v) is 4.42. The van der Waals surface area contributed by atoms with Gasteiger partial charge in [0.2, 0.25) is 0 Å². The molecule has 1 N–H and O–H groups in total. The Bertz CT molecular complexity index is 1000. The number of ketones is 1. The summed E-state index contributed by atoms with van der Waals surface area (Å²) in [6.07, 6.45) is 1.54. The summed E-state index contributed by atoms with van der Waals surface area (Å²) >= 11 is 0. The lowest BCUT2D eigenvalue weighted by Crippen LogP contribution is -2.27. The van der Waals surface area contributed by atoms with E-state index in [-0.39, 0.29) is 17.1 Å². The lowest BCUT2D eigenvalue weighted by atomic mass is 9.97. The van der Waals surface area contributed by atoms with Crippen molar-refractivity contribution in [3.63, 3.8) is 0 Å². The molecule has 0 saturated carbocycles. The first kappa shape index (κ1) is 20.5. The first-order valence-electron chi connectivity index (χ1n) is 8.74. The molecule has 0 aliphatic carbocycles. The van der Waals surface area contributed by atoms with Crippen LogP contribution in [0.2, 0.25) is 0 Å². The number of halogens is 3. The van der Waals surface area contributed by atoms with E-state index in [1.807, 2.05) is 13.8 Å². The highest BCUT2D eigenvalue weighted by Crippen LogP contribution is 2.43. The van der Waals surface area contributed by atoms with E-state index in [0.29, 0.717) is 16.9 Å². The van der Waals surface area contributed by atoms with Gasteiger partial charge in [-0.1, -0.05) is 18.2 Å². The Hall–Kier alpha value is -3.22. The van der Waals surface area contributed by atoms with Crippen molar-refractivity contribution in [3.05, 3.63) is 64.7 Å².